The summed E-state index contributed by atoms with van der Waals surface area (Å²) >= 11 is 0. The van der Waals surface area contributed by atoms with Gasteiger partial charge in [0.15, 0.2) is 0 Å². The Hall–Kier alpha value is -1.70. The maximum absolute atomic E-state index is 12.3. The fourth-order valence-electron chi connectivity index (χ4n) is 2.68. The smallest absolute Gasteiger partial charge is 0.246 e. The average molecular weight is 365 g/mol. The number of benzene rings is 1. The topological polar surface area (TPSA) is 69.7 Å². The third kappa shape index (κ3) is 5.95. The minimum atomic E-state index is -3.49. The molecule has 0 radical (unpaired) electrons. The Labute approximate surface area is 150 Å². The Bertz CT molecular complexity index is 712. The summed E-state index contributed by atoms with van der Waals surface area (Å²) in [6.07, 6.45) is 4.26. The quantitative estimate of drug-likeness (QED) is 0.804. The molecule has 1 fully saturated rings. The van der Waals surface area contributed by atoms with Crippen molar-refractivity contribution in [3.05, 3.63) is 35.9 Å². The molecule has 138 valence electrons. The van der Waals surface area contributed by atoms with Crippen molar-refractivity contribution in [2.45, 2.75) is 31.2 Å². The first-order chi connectivity index (χ1) is 11.8. The number of carbonyl (C=O) groups excluding carboxylic acids is 1. The zero-order valence-electron chi connectivity index (χ0n) is 15.1. The molecule has 1 aliphatic heterocycles. The van der Waals surface area contributed by atoms with Gasteiger partial charge in [-0.1, -0.05) is 12.1 Å². The van der Waals surface area contributed by atoms with Crippen molar-refractivity contribution in [2.75, 3.05) is 33.2 Å². The van der Waals surface area contributed by atoms with Gasteiger partial charge < -0.3 is 9.80 Å². The van der Waals surface area contributed by atoms with E-state index in [1.165, 1.54) is 0 Å². The van der Waals surface area contributed by atoms with E-state index < -0.39 is 10.0 Å². The molecule has 0 spiro atoms. The lowest BCUT2D eigenvalue weighted by Crippen LogP contribution is -2.33. The molecule has 0 atom stereocenters. The molecule has 1 heterocycles. The van der Waals surface area contributed by atoms with E-state index in [-0.39, 0.29) is 16.8 Å². The molecule has 1 aromatic carbocycles. The van der Waals surface area contributed by atoms with Crippen LogP contribution in [0, 0.1) is 0 Å². The lowest BCUT2D eigenvalue weighted by Gasteiger charge is -2.18. The Kier molecular flexibility index (Phi) is 6.75. The molecule has 7 heteroatoms. The first-order valence-corrected chi connectivity index (χ1v) is 10.0. The summed E-state index contributed by atoms with van der Waals surface area (Å²) in [4.78, 5) is 16.6. The lowest BCUT2D eigenvalue weighted by atomic mass is 10.2. The van der Waals surface area contributed by atoms with Crippen LogP contribution in [0.4, 0.5) is 0 Å². The number of nitrogens with zero attached hydrogens (tertiary/aromatic N) is 2. The van der Waals surface area contributed by atoms with E-state index in [1.807, 2.05) is 4.90 Å². The Morgan fingerprint density at radius 1 is 1.12 bits per heavy atom. The number of likely N-dealkylation sites (N-methyl/N-ethyl adjacent to an activating group) is 1. The molecule has 0 bridgehead atoms. The molecule has 25 heavy (non-hydrogen) atoms. The monoisotopic (exact) mass is 365 g/mol. The number of amides is 1. The van der Waals surface area contributed by atoms with Crippen molar-refractivity contribution < 1.29 is 13.2 Å². The molecule has 1 amide bonds. The molecular formula is C18H27N3O3S. The van der Waals surface area contributed by atoms with Crippen LogP contribution in [0.3, 0.4) is 0 Å². The van der Waals surface area contributed by atoms with Crippen molar-refractivity contribution >= 4 is 22.0 Å². The van der Waals surface area contributed by atoms with E-state index in [4.69, 9.17) is 0 Å². The van der Waals surface area contributed by atoms with E-state index in [9.17, 15) is 13.2 Å². The highest BCUT2D eigenvalue weighted by Crippen LogP contribution is 2.12. The van der Waals surface area contributed by atoms with Crippen LogP contribution >= 0.6 is 0 Å². The molecule has 1 saturated heterocycles. The summed E-state index contributed by atoms with van der Waals surface area (Å²) in [6.45, 7) is 6.95. The van der Waals surface area contributed by atoms with Crippen LogP contribution in [0.15, 0.2) is 35.2 Å². The molecule has 6 nitrogen and oxygen atoms in total. The second-order valence-electron chi connectivity index (χ2n) is 6.66. The molecule has 0 unspecified atom stereocenters. The summed E-state index contributed by atoms with van der Waals surface area (Å²) < 4.78 is 26.7. The van der Waals surface area contributed by atoms with Gasteiger partial charge >= 0.3 is 0 Å². The van der Waals surface area contributed by atoms with Gasteiger partial charge in [0.1, 0.15) is 0 Å². The van der Waals surface area contributed by atoms with Crippen LogP contribution in [-0.2, 0) is 14.8 Å². The number of sulfonamides is 1. The molecule has 1 N–H and O–H groups in total. The van der Waals surface area contributed by atoms with Crippen LogP contribution in [-0.4, -0.2) is 63.4 Å². The molecule has 0 aliphatic carbocycles. The highest BCUT2D eigenvalue weighted by molar-refractivity contribution is 7.89. The third-order valence-electron chi connectivity index (χ3n) is 4.03. The summed E-state index contributed by atoms with van der Waals surface area (Å²) in [5.41, 5.74) is 0.795. The molecule has 1 aliphatic rings. The van der Waals surface area contributed by atoms with Crippen LogP contribution in [0.1, 0.15) is 25.8 Å². The number of hydrogen-bond acceptors (Lipinski definition) is 4. The number of nitrogens with one attached hydrogen (secondary N) is 1. The maximum Gasteiger partial charge on any atom is 0.246 e. The average Bonchev–Trinajstić information content (AvgIpc) is 2.76. The van der Waals surface area contributed by atoms with E-state index in [0.29, 0.717) is 0 Å². The van der Waals surface area contributed by atoms with Gasteiger partial charge in [-0.2, -0.15) is 0 Å². The van der Waals surface area contributed by atoms with Gasteiger partial charge in [0.25, 0.3) is 0 Å². The molecule has 0 saturated carbocycles. The van der Waals surface area contributed by atoms with Crippen molar-refractivity contribution in [1.82, 2.24) is 14.5 Å². The van der Waals surface area contributed by atoms with Crippen molar-refractivity contribution in [2.24, 2.45) is 0 Å². The summed E-state index contributed by atoms with van der Waals surface area (Å²) in [7, 11) is -1.42. The maximum atomic E-state index is 12.3. The molecule has 2 rings (SSSR count). The minimum Gasteiger partial charge on any atom is -0.338 e. The van der Waals surface area contributed by atoms with Crippen LogP contribution in [0.25, 0.3) is 6.08 Å². The largest absolute Gasteiger partial charge is 0.338 e. The minimum absolute atomic E-state index is 0.00604. The van der Waals surface area contributed by atoms with E-state index >= 15 is 0 Å². The SMILES string of the molecule is CC(C)NS(=O)(=O)c1ccc(/C=C/C(=O)N2CCCN(C)CC2)cc1. The van der Waals surface area contributed by atoms with Gasteiger partial charge in [0, 0.05) is 31.8 Å². The predicted octanol–water partition coefficient (Wildman–Crippen LogP) is 1.55. The highest BCUT2D eigenvalue weighted by Gasteiger charge is 2.16. The first-order valence-electron chi connectivity index (χ1n) is 8.56. The van der Waals surface area contributed by atoms with E-state index in [1.54, 1.807) is 50.3 Å². The Morgan fingerprint density at radius 2 is 1.80 bits per heavy atom. The van der Waals surface area contributed by atoms with Gasteiger partial charge in [-0.25, -0.2) is 13.1 Å². The van der Waals surface area contributed by atoms with Gasteiger partial charge in [-0.15, -0.1) is 0 Å². The number of rotatable bonds is 5. The second kappa shape index (κ2) is 8.60. The van der Waals surface area contributed by atoms with Crippen molar-refractivity contribution in [3.63, 3.8) is 0 Å². The van der Waals surface area contributed by atoms with Gasteiger partial charge in [0.05, 0.1) is 4.90 Å². The zero-order valence-corrected chi connectivity index (χ0v) is 15.9. The van der Waals surface area contributed by atoms with Crippen LogP contribution in [0.5, 0.6) is 0 Å². The summed E-state index contributed by atoms with van der Waals surface area (Å²) in [5, 5.41) is 0. The Balaban J connectivity index is 2.00. The third-order valence-corrected chi connectivity index (χ3v) is 5.71. The standard InChI is InChI=1S/C18H27N3O3S/c1-15(2)19-25(23,24)17-8-5-16(6-9-17)7-10-18(22)21-12-4-11-20(3)13-14-21/h5-10,15,19H,4,11-14H2,1-3H3/b10-7+. The highest BCUT2D eigenvalue weighted by atomic mass is 32.2. The summed E-state index contributed by atoms with van der Waals surface area (Å²) in [5.74, 6) is -0.00604. The Morgan fingerprint density at radius 3 is 2.44 bits per heavy atom. The lowest BCUT2D eigenvalue weighted by molar-refractivity contribution is -0.125. The van der Waals surface area contributed by atoms with Gasteiger partial charge in [-0.3, -0.25) is 4.79 Å². The van der Waals surface area contributed by atoms with Gasteiger partial charge in [0.2, 0.25) is 15.9 Å². The van der Waals surface area contributed by atoms with Crippen LogP contribution < -0.4 is 4.72 Å². The first kappa shape index (κ1) is 19.6. The van der Waals surface area contributed by atoms with Gasteiger partial charge in [-0.05, 0) is 57.6 Å². The second-order valence-corrected chi connectivity index (χ2v) is 8.37. The van der Waals surface area contributed by atoms with Crippen LogP contribution in [0.2, 0.25) is 0 Å². The number of carbonyl (C=O) groups is 1. The molecule has 1 aromatic rings. The number of hydrogen-bond donors (Lipinski definition) is 1. The molecular weight excluding hydrogens is 338 g/mol. The summed E-state index contributed by atoms with van der Waals surface area (Å²) in [6, 6.07) is 6.35. The fourth-order valence-corrected chi connectivity index (χ4v) is 3.93. The fraction of sp³-hybridized carbons (Fsp3) is 0.500. The zero-order chi connectivity index (χ0) is 18.4. The van der Waals surface area contributed by atoms with Crippen molar-refractivity contribution in [1.29, 1.82) is 0 Å². The van der Waals surface area contributed by atoms with E-state index in [2.05, 4.69) is 16.7 Å². The van der Waals surface area contributed by atoms with Crippen molar-refractivity contribution in [3.8, 4) is 0 Å². The normalized spacial score (nSPS) is 17.2. The molecule has 0 aromatic heterocycles. The predicted molar refractivity (Wildman–Crippen MR) is 99.6 cm³/mol. The van der Waals surface area contributed by atoms with E-state index in [0.717, 1.165) is 38.2 Å².